The Morgan fingerprint density at radius 1 is 1.41 bits per heavy atom. The summed E-state index contributed by atoms with van der Waals surface area (Å²) >= 11 is 1.56. The number of benzene rings is 1. The molecule has 92 valence electrons. The number of hydrogen-bond acceptors (Lipinski definition) is 5. The molecule has 1 heterocycles. The third-order valence-electron chi connectivity index (χ3n) is 2.19. The van der Waals surface area contributed by atoms with E-state index < -0.39 is 0 Å². The van der Waals surface area contributed by atoms with Gasteiger partial charge in [-0.25, -0.2) is 4.98 Å². The summed E-state index contributed by atoms with van der Waals surface area (Å²) in [5.41, 5.74) is 7.95. The van der Waals surface area contributed by atoms with Crippen molar-refractivity contribution in [3.63, 3.8) is 0 Å². The van der Waals surface area contributed by atoms with Gasteiger partial charge in [-0.1, -0.05) is 18.7 Å². The van der Waals surface area contributed by atoms with Gasteiger partial charge in [0.25, 0.3) is 5.22 Å². The first kappa shape index (κ1) is 12.3. The minimum Gasteiger partial charge on any atom is -0.431 e. The topological polar surface area (TPSA) is 61.3 Å². The monoisotopic (exact) mass is 252 g/mol. The summed E-state index contributed by atoms with van der Waals surface area (Å²) in [7, 11) is 0. The molecule has 0 fully saturated rings. The number of nitrogens with two attached hydrogens (primary N) is 1. The average Bonchev–Trinajstić information content (AvgIpc) is 2.70. The smallest absolute Gasteiger partial charge is 0.256 e. The molecule has 0 unspecified atom stereocenters. The molecule has 4 nitrogen and oxygen atoms in total. The molecule has 0 saturated heterocycles. The molecular weight excluding hydrogens is 236 g/mol. The van der Waals surface area contributed by atoms with Gasteiger partial charge in [-0.2, -0.15) is 0 Å². The summed E-state index contributed by atoms with van der Waals surface area (Å²) in [5.74, 6) is 0.850. The Hall–Kier alpha value is -1.20. The van der Waals surface area contributed by atoms with Crippen LogP contribution in [0, 0.1) is 0 Å². The predicted molar refractivity (Wildman–Crippen MR) is 70.3 cm³/mol. The maximum atomic E-state index is 5.67. The summed E-state index contributed by atoms with van der Waals surface area (Å²) in [4.78, 5) is 4.36. The van der Waals surface area contributed by atoms with E-state index >= 15 is 0 Å². The van der Waals surface area contributed by atoms with Crippen LogP contribution >= 0.6 is 11.8 Å². The van der Waals surface area contributed by atoms with E-state index in [-0.39, 0.29) is 0 Å². The number of hydrogen-bond donors (Lipinski definition) is 1. The molecule has 0 atom stereocenters. The number of ether oxygens (including phenoxy) is 1. The first-order valence-electron chi connectivity index (χ1n) is 5.66. The lowest BCUT2D eigenvalue weighted by atomic mass is 10.3. The van der Waals surface area contributed by atoms with Crippen molar-refractivity contribution in [1.82, 2.24) is 4.98 Å². The van der Waals surface area contributed by atoms with Crippen molar-refractivity contribution in [3.05, 3.63) is 18.2 Å². The number of rotatable bonds is 6. The number of oxazole rings is 1. The summed E-state index contributed by atoms with van der Waals surface area (Å²) in [5, 5.41) is 0.672. The molecule has 0 saturated carbocycles. The Balaban J connectivity index is 1.91. The van der Waals surface area contributed by atoms with Crippen LogP contribution in [0.25, 0.3) is 11.1 Å². The number of nitrogen functional groups attached to an aromatic ring is 1. The highest BCUT2D eigenvalue weighted by atomic mass is 32.2. The fourth-order valence-corrected chi connectivity index (χ4v) is 2.10. The van der Waals surface area contributed by atoms with Gasteiger partial charge in [0.05, 0.1) is 6.61 Å². The Bertz CT molecular complexity index is 484. The van der Waals surface area contributed by atoms with Crippen LogP contribution in [0.3, 0.4) is 0 Å². The molecule has 0 bridgehead atoms. The quantitative estimate of drug-likeness (QED) is 0.486. The Morgan fingerprint density at radius 2 is 2.29 bits per heavy atom. The highest BCUT2D eigenvalue weighted by Gasteiger charge is 2.06. The number of thioether (sulfide) groups is 1. The van der Waals surface area contributed by atoms with Gasteiger partial charge in [-0.05, 0) is 18.6 Å². The number of nitrogens with zero attached hydrogens (tertiary/aromatic N) is 1. The van der Waals surface area contributed by atoms with Crippen LogP contribution in [-0.4, -0.2) is 24.0 Å². The molecule has 0 aliphatic heterocycles. The average molecular weight is 252 g/mol. The second-order valence-corrected chi connectivity index (χ2v) is 4.71. The van der Waals surface area contributed by atoms with Crippen molar-refractivity contribution in [3.8, 4) is 0 Å². The maximum absolute atomic E-state index is 5.67. The van der Waals surface area contributed by atoms with E-state index in [9.17, 15) is 0 Å². The van der Waals surface area contributed by atoms with Crippen LogP contribution in [0.2, 0.25) is 0 Å². The van der Waals surface area contributed by atoms with Crippen LogP contribution < -0.4 is 5.73 Å². The Labute approximate surface area is 105 Å². The lowest BCUT2D eigenvalue weighted by Crippen LogP contribution is -1.97. The van der Waals surface area contributed by atoms with Crippen LogP contribution in [0.15, 0.2) is 27.8 Å². The first-order valence-corrected chi connectivity index (χ1v) is 6.65. The normalized spacial score (nSPS) is 11.1. The zero-order valence-electron chi connectivity index (χ0n) is 9.81. The minimum absolute atomic E-state index is 0.672. The largest absolute Gasteiger partial charge is 0.431 e. The van der Waals surface area contributed by atoms with Gasteiger partial charge in [-0.3, -0.25) is 0 Å². The molecule has 0 spiro atoms. The summed E-state index contributed by atoms with van der Waals surface area (Å²) in [6, 6.07) is 5.48. The molecule has 5 heteroatoms. The van der Waals surface area contributed by atoms with E-state index in [2.05, 4.69) is 11.9 Å². The van der Waals surface area contributed by atoms with E-state index in [1.54, 1.807) is 17.8 Å². The van der Waals surface area contributed by atoms with Crippen LogP contribution in [0.4, 0.5) is 5.69 Å². The lowest BCUT2D eigenvalue weighted by Gasteiger charge is -1.99. The molecule has 2 N–H and O–H groups in total. The van der Waals surface area contributed by atoms with E-state index in [0.29, 0.717) is 10.9 Å². The molecule has 1 aromatic carbocycles. The van der Waals surface area contributed by atoms with Gasteiger partial charge >= 0.3 is 0 Å². The van der Waals surface area contributed by atoms with E-state index in [4.69, 9.17) is 14.9 Å². The predicted octanol–water partition coefficient (Wildman–Crippen LogP) is 2.93. The van der Waals surface area contributed by atoms with Crippen molar-refractivity contribution in [2.24, 2.45) is 0 Å². The summed E-state index contributed by atoms with van der Waals surface area (Å²) in [6.07, 6.45) is 1.05. The van der Waals surface area contributed by atoms with E-state index in [0.717, 1.165) is 36.5 Å². The van der Waals surface area contributed by atoms with Crippen LogP contribution in [0.1, 0.15) is 13.3 Å². The molecule has 2 aromatic rings. The number of anilines is 1. The Morgan fingerprint density at radius 3 is 3.12 bits per heavy atom. The van der Waals surface area contributed by atoms with Gasteiger partial charge in [0.15, 0.2) is 5.58 Å². The van der Waals surface area contributed by atoms with Crippen molar-refractivity contribution >= 4 is 28.5 Å². The second-order valence-electron chi connectivity index (χ2n) is 3.67. The molecule has 17 heavy (non-hydrogen) atoms. The standard InChI is InChI=1S/C12H16N2O2S/c1-2-5-15-6-7-17-12-14-10-4-3-9(13)8-11(10)16-12/h3-4,8H,2,5-7,13H2,1H3. The van der Waals surface area contributed by atoms with E-state index in [1.165, 1.54) is 0 Å². The molecule has 1 aromatic heterocycles. The Kier molecular flexibility index (Phi) is 4.28. The van der Waals surface area contributed by atoms with E-state index in [1.807, 2.05) is 12.1 Å². The molecule has 0 aliphatic rings. The third-order valence-corrected chi connectivity index (χ3v) is 2.99. The van der Waals surface area contributed by atoms with Gasteiger partial charge in [-0.15, -0.1) is 0 Å². The third kappa shape index (κ3) is 3.38. The highest BCUT2D eigenvalue weighted by molar-refractivity contribution is 7.99. The second kappa shape index (κ2) is 5.93. The first-order chi connectivity index (χ1) is 8.29. The fraction of sp³-hybridized carbons (Fsp3) is 0.417. The summed E-state index contributed by atoms with van der Waals surface area (Å²) < 4.78 is 11.0. The van der Waals surface area contributed by atoms with Crippen molar-refractivity contribution in [1.29, 1.82) is 0 Å². The zero-order chi connectivity index (χ0) is 12.1. The highest BCUT2D eigenvalue weighted by Crippen LogP contribution is 2.24. The fourth-order valence-electron chi connectivity index (χ4n) is 1.42. The molecule has 0 aliphatic carbocycles. The van der Waals surface area contributed by atoms with Gasteiger partial charge in [0.2, 0.25) is 0 Å². The summed E-state index contributed by atoms with van der Waals surface area (Å²) in [6.45, 7) is 3.63. The lowest BCUT2D eigenvalue weighted by molar-refractivity contribution is 0.150. The molecule has 0 radical (unpaired) electrons. The molecule has 2 rings (SSSR count). The van der Waals surface area contributed by atoms with Gasteiger partial charge in [0.1, 0.15) is 5.52 Å². The minimum atomic E-state index is 0.672. The van der Waals surface area contributed by atoms with Crippen LogP contribution in [-0.2, 0) is 4.74 Å². The zero-order valence-corrected chi connectivity index (χ0v) is 10.6. The molecular formula is C12H16N2O2S. The van der Waals surface area contributed by atoms with Crippen molar-refractivity contribution < 1.29 is 9.15 Å². The number of fused-ring (bicyclic) bond motifs is 1. The molecule has 0 amide bonds. The maximum Gasteiger partial charge on any atom is 0.256 e. The number of aromatic nitrogens is 1. The van der Waals surface area contributed by atoms with Crippen LogP contribution in [0.5, 0.6) is 0 Å². The van der Waals surface area contributed by atoms with Gasteiger partial charge < -0.3 is 14.9 Å². The van der Waals surface area contributed by atoms with Crippen molar-refractivity contribution in [2.45, 2.75) is 18.6 Å². The van der Waals surface area contributed by atoms with Crippen molar-refractivity contribution in [2.75, 3.05) is 24.7 Å². The SMILES string of the molecule is CCCOCCSc1nc2ccc(N)cc2o1. The van der Waals surface area contributed by atoms with Gasteiger partial charge in [0, 0.05) is 24.1 Å².